The average molecular weight is 2000 g/mol. The van der Waals surface area contributed by atoms with Gasteiger partial charge in [-0.2, -0.15) is 39.7 Å². The van der Waals surface area contributed by atoms with Crippen LogP contribution in [0.3, 0.4) is 0 Å². The molecule has 1 fully saturated rings. The first kappa shape index (κ1) is 103. The molecule has 1 aliphatic rings. The Balaban J connectivity index is 0.000000148. The molecule has 0 radical (unpaired) electrons. The van der Waals surface area contributed by atoms with Gasteiger partial charge in [-0.15, -0.1) is 56.7 Å². The number of nitrogens with zero attached hydrogens (tertiary/aromatic N) is 12. The number of thioether (sulfide) groups is 1. The zero-order valence-electron chi connectivity index (χ0n) is 77.6. The van der Waals surface area contributed by atoms with Crippen molar-refractivity contribution >= 4 is 114 Å². The van der Waals surface area contributed by atoms with Gasteiger partial charge in [-0.05, 0) is 206 Å². The lowest BCUT2D eigenvalue weighted by molar-refractivity contribution is -0.383. The monoisotopic (exact) mass is 2000 g/mol. The van der Waals surface area contributed by atoms with Crippen LogP contribution in [0.4, 0.5) is 30.4 Å². The Morgan fingerprint density at radius 1 is 0.464 bits per heavy atom. The number of carbonyl (C=O) groups excluding carboxylic acids is 1. The van der Waals surface area contributed by atoms with E-state index in [1.807, 2.05) is 183 Å². The number of benzene rings is 4. The molecule has 19 rings (SSSR count). The molecule has 15 heterocycles. The second-order valence-corrected chi connectivity index (χ2v) is 38.1. The van der Waals surface area contributed by atoms with Gasteiger partial charge in [0.1, 0.15) is 58.1 Å². The van der Waals surface area contributed by atoms with Gasteiger partial charge in [0.05, 0.1) is 126 Å². The number of hydrogen-bond acceptors (Lipinski definition) is 22. The SMILES string of the molecule is COc1ccc(C#N)cc1-c1ccc(C#Cc2csc(C)n2)c[nH+]1.Cc1[nH+]c(C#Cc2cncc(Nc3cccnc3)c2)cs1.Cc1ccc(C)c(-c2ccc(C#Cc3csc(C)n3)cn2)c1.Cc1nc(C#Cc2ccc(-c3c(C)cccc3C)nc2)cs1.Cc1nc(C#Cc2ccc(-n3ccc4ccccc43)[nH+]c2)cs1.Cc1nc(C#Cc2ccc(N3CCSCC3)[nH+]c2)cs1.O=C([O-])C(F)(F)F.[Cl-]. The number of nitriles is 1. The summed E-state index contributed by atoms with van der Waals surface area (Å²) in [6.07, 6.45) is 13.3. The Kier molecular flexibility index (Phi) is 38.0. The Morgan fingerprint density at radius 3 is 1.44 bits per heavy atom. The predicted molar refractivity (Wildman–Crippen MR) is 549 cm³/mol. The fraction of sp³-hybridized carbons (Fsp3) is 0.147. The standard InChI is InChI=1S/C19H13N3OS.C19H13N3S.2C19H16N2S.C16H12N4S.C15H15N3S2.C2HF3O2.ClH/c1-13-22-16(12-24-13)6-3-14-4-7-18(21-11-14)17-9-15(10-20)5-8-19(17)23-2;1-14-21-17(13-23-14)8-6-15-7-9-19(20-12-15)22-11-10-16-4-2-3-5-18(16)22;1-13-4-5-14(2)18(10-13)19-9-7-16(11-20-19)6-8-17-12-22-15(3)21-17;1-13-5-4-6-14(2)19(13)18-10-8-16(11-20-18)7-9-17-12-22-15(3)21-17;1-12-19-15(11-21-12)5-4-13-7-16(10-18-8-13)20-14-3-2-6-17-9-14;1-12-17-14(11-20-12)4-2-13-3-5-15(16-10-13)18-6-8-19-9-7-18;3-2(4,5)1(6)7;/h4-5,7-9,11-12H,1-2H3;2-5,7,9-13H,1H3;4-5,7,9-12H,1-3H3;4-6,8,10-12H,1-3H3;2-3,6-11,20H,1H3;3,5,10-11H,6-9H2,1H3;(H,6,7);1H/p+2. The third-order valence-corrected chi connectivity index (χ3v) is 25.5. The molecule has 31 heteroatoms. The molecule has 0 amide bonds. The number of aliphatic carboxylic acids is 1. The molecular weight excluding hydrogens is 1910 g/mol. The number of carbonyl (C=O) groups is 1. The van der Waals surface area contributed by atoms with Crippen LogP contribution in [0.15, 0.2) is 258 Å². The van der Waals surface area contributed by atoms with Crippen LogP contribution in [0.2, 0.25) is 0 Å². The summed E-state index contributed by atoms with van der Waals surface area (Å²) < 4.78 is 39.1. The third kappa shape index (κ3) is 31.7. The number of nitrogens with one attached hydrogen (secondary N) is 5. The normalized spacial score (nSPS) is 10.7. The van der Waals surface area contributed by atoms with Crippen LogP contribution in [0, 0.1) is 152 Å². The van der Waals surface area contributed by atoms with Crippen molar-refractivity contribution < 1.29 is 60.2 Å². The molecule has 0 unspecified atom stereocenters. The molecule has 1 saturated heterocycles. The van der Waals surface area contributed by atoms with E-state index in [1.165, 1.54) is 61.6 Å². The minimum absolute atomic E-state index is 0. The number of rotatable bonds is 8. The number of hydrogen-bond donors (Lipinski definition) is 1. The second kappa shape index (κ2) is 51.5. The topological polar surface area (TPSA) is 266 Å². The Bertz CT molecular complexity index is 7710. The highest BCUT2D eigenvalue weighted by molar-refractivity contribution is 7.99. The number of thiazole rings is 6. The lowest BCUT2D eigenvalue weighted by Crippen LogP contribution is -3.00. The van der Waals surface area contributed by atoms with Crippen LogP contribution in [0.5, 0.6) is 5.75 Å². The van der Waals surface area contributed by atoms with E-state index in [0.717, 1.165) is 151 Å². The van der Waals surface area contributed by atoms with Crippen LogP contribution in [0.1, 0.15) is 125 Å². The zero-order valence-corrected chi connectivity index (χ0v) is 84.1. The molecule has 18 aromatic rings. The Labute approximate surface area is 845 Å². The lowest BCUT2D eigenvalue weighted by Gasteiger charge is -2.20. The van der Waals surface area contributed by atoms with E-state index < -0.39 is 12.1 Å². The van der Waals surface area contributed by atoms with Crippen molar-refractivity contribution in [3.63, 3.8) is 0 Å². The van der Waals surface area contributed by atoms with Crippen LogP contribution in [-0.4, -0.2) is 93.3 Å². The summed E-state index contributed by atoms with van der Waals surface area (Å²) in [7, 11) is 1.61. The molecule has 1 aliphatic heterocycles. The minimum atomic E-state index is -5.19. The van der Waals surface area contributed by atoms with E-state index in [2.05, 4.69) is 269 Å². The van der Waals surface area contributed by atoms with Gasteiger partial charge in [-0.1, -0.05) is 101 Å². The van der Waals surface area contributed by atoms with Gasteiger partial charge in [0.15, 0.2) is 6.20 Å². The van der Waals surface area contributed by atoms with Gasteiger partial charge in [-0.25, -0.2) is 39.9 Å². The number of halogens is 4. The summed E-state index contributed by atoms with van der Waals surface area (Å²) in [4.78, 5) is 63.3. The van der Waals surface area contributed by atoms with E-state index in [4.69, 9.17) is 19.9 Å². The number of fused-ring (bicyclic) bond motifs is 1. The van der Waals surface area contributed by atoms with Gasteiger partial charge < -0.3 is 32.4 Å². The fourth-order valence-corrected chi connectivity index (χ4v) is 17.3. The molecule has 14 aromatic heterocycles. The summed E-state index contributed by atoms with van der Waals surface area (Å²) in [5.74, 6) is 39.5. The first-order valence-electron chi connectivity index (χ1n) is 43.0. The first-order chi connectivity index (χ1) is 67.3. The number of aromatic amines is 4. The number of carboxylic acid groups (broad SMARTS) is 1. The molecule has 20 nitrogen and oxygen atoms in total. The number of methoxy groups -OCH3 is 1. The predicted octanol–water partition coefficient (Wildman–Crippen LogP) is 17.2. The maximum absolute atomic E-state index is 10.5. The highest BCUT2D eigenvalue weighted by atomic mass is 35.5. The van der Waals surface area contributed by atoms with Crippen molar-refractivity contribution in [1.82, 2.24) is 49.4 Å². The average Bonchev–Trinajstić information content (AvgIpc) is 1.67. The second-order valence-electron chi connectivity index (χ2n) is 30.4. The smallest absolute Gasteiger partial charge is 0.430 e. The van der Waals surface area contributed by atoms with Crippen LogP contribution in [-0.2, 0) is 4.79 Å². The van der Waals surface area contributed by atoms with Crippen molar-refractivity contribution in [3.05, 3.63) is 383 Å². The summed E-state index contributed by atoms with van der Waals surface area (Å²) in [6, 6.07) is 56.6. The van der Waals surface area contributed by atoms with Crippen LogP contribution >= 0.6 is 79.8 Å². The number of alkyl halides is 3. The van der Waals surface area contributed by atoms with Gasteiger partial charge in [0.2, 0.25) is 10.7 Å². The maximum Gasteiger partial charge on any atom is 0.430 e. The van der Waals surface area contributed by atoms with Gasteiger partial charge in [-0.3, -0.25) is 24.8 Å². The number of aryl methyl sites for hydroxylation is 10. The van der Waals surface area contributed by atoms with Crippen molar-refractivity contribution in [2.45, 2.75) is 75.4 Å². The number of pyridine rings is 7. The highest BCUT2D eigenvalue weighted by Crippen LogP contribution is 2.31. The largest absolute Gasteiger partial charge is 1.00 e. The van der Waals surface area contributed by atoms with Crippen molar-refractivity contribution in [2.75, 3.05) is 41.9 Å². The third-order valence-electron chi connectivity index (χ3n) is 19.9. The zero-order chi connectivity index (χ0) is 98.0. The number of anilines is 3. The maximum atomic E-state index is 10.5. The van der Waals surface area contributed by atoms with E-state index in [1.54, 1.807) is 118 Å². The number of carboxylic acids is 1. The molecule has 0 bridgehead atoms. The van der Waals surface area contributed by atoms with Crippen LogP contribution in [0.25, 0.3) is 50.5 Å². The quantitative estimate of drug-likeness (QED) is 0.139. The summed E-state index contributed by atoms with van der Waals surface area (Å²) >= 11 is 11.7. The molecular formula is C109H89ClF3N17O3S7+2. The summed E-state index contributed by atoms with van der Waals surface area (Å²) in [5.41, 5.74) is 25.1. The number of H-pyrrole nitrogens is 4. The van der Waals surface area contributed by atoms with Crippen LogP contribution < -0.4 is 52.4 Å². The summed E-state index contributed by atoms with van der Waals surface area (Å²) in [5, 5.41) is 40.5. The number of para-hydroxylation sites is 1. The molecule has 0 aliphatic carbocycles. The number of ether oxygens (including phenoxy) is 1. The Hall–Kier alpha value is -15.6. The molecule has 696 valence electrons. The first-order valence-corrected chi connectivity index (χ1v) is 49.4. The number of aromatic nitrogens is 14. The molecule has 0 atom stereocenters. The molecule has 0 spiro atoms. The summed E-state index contributed by atoms with van der Waals surface area (Å²) in [6.45, 7) is 22.6. The minimum Gasteiger partial charge on any atom is -1.00 e. The van der Waals surface area contributed by atoms with Crippen molar-refractivity contribution in [1.29, 1.82) is 5.26 Å². The lowest BCUT2D eigenvalue weighted by atomic mass is 9.99. The van der Waals surface area contributed by atoms with Gasteiger partial charge in [0.25, 0.3) is 17.3 Å². The molecule has 4 aromatic carbocycles. The van der Waals surface area contributed by atoms with Crippen molar-refractivity contribution in [3.8, 4) is 122 Å². The van der Waals surface area contributed by atoms with E-state index in [0.29, 0.717) is 11.3 Å². The Morgan fingerprint density at radius 2 is 0.971 bits per heavy atom. The van der Waals surface area contributed by atoms with Gasteiger partial charge in [0, 0.05) is 127 Å². The highest BCUT2D eigenvalue weighted by Gasteiger charge is 2.29. The fourth-order valence-electron chi connectivity index (χ4n) is 13.1. The van der Waals surface area contributed by atoms with Gasteiger partial charge >= 0.3 is 6.18 Å². The molecule has 5 N–H and O–H groups in total. The van der Waals surface area contributed by atoms with Crippen molar-refractivity contribution in [2.24, 2.45) is 0 Å². The molecule has 140 heavy (non-hydrogen) atoms. The van der Waals surface area contributed by atoms with E-state index in [-0.39, 0.29) is 12.4 Å². The van der Waals surface area contributed by atoms with E-state index in [9.17, 15) is 13.2 Å². The molecule has 0 saturated carbocycles. The van der Waals surface area contributed by atoms with E-state index >= 15 is 0 Å².